The lowest BCUT2D eigenvalue weighted by atomic mass is 9.99. The van der Waals surface area contributed by atoms with E-state index in [9.17, 15) is 4.79 Å². The highest BCUT2D eigenvalue weighted by molar-refractivity contribution is 7.99. The Kier molecular flexibility index (Phi) is 8.70. The van der Waals surface area contributed by atoms with Crippen LogP contribution in [0.25, 0.3) is 0 Å². The molecule has 0 aromatic carbocycles. The number of ether oxygens (including phenoxy) is 1. The van der Waals surface area contributed by atoms with Gasteiger partial charge in [-0.2, -0.15) is 11.8 Å². The van der Waals surface area contributed by atoms with E-state index in [1.54, 1.807) is 0 Å². The standard InChI is InChI=1S/C13H27NO2S/c1-6-11(3)10-17-9-8-13(4,14-7-2)12(15)16-5/h11,14H,6-10H2,1-5H3. The van der Waals surface area contributed by atoms with Crippen molar-refractivity contribution < 1.29 is 9.53 Å². The molecular weight excluding hydrogens is 234 g/mol. The zero-order valence-electron chi connectivity index (χ0n) is 11.8. The number of carbonyl (C=O) groups excluding carboxylic acids is 1. The van der Waals surface area contributed by atoms with Crippen molar-refractivity contribution in [3.8, 4) is 0 Å². The summed E-state index contributed by atoms with van der Waals surface area (Å²) in [4.78, 5) is 11.7. The number of esters is 1. The molecule has 0 aliphatic rings. The zero-order valence-corrected chi connectivity index (χ0v) is 12.7. The van der Waals surface area contributed by atoms with Gasteiger partial charge >= 0.3 is 5.97 Å². The van der Waals surface area contributed by atoms with E-state index in [-0.39, 0.29) is 5.97 Å². The summed E-state index contributed by atoms with van der Waals surface area (Å²) >= 11 is 1.92. The lowest BCUT2D eigenvalue weighted by Crippen LogP contribution is -2.50. The van der Waals surface area contributed by atoms with Gasteiger partial charge in [0, 0.05) is 0 Å². The Morgan fingerprint density at radius 1 is 1.47 bits per heavy atom. The summed E-state index contributed by atoms with van der Waals surface area (Å²) in [5.41, 5.74) is -0.536. The molecule has 1 N–H and O–H groups in total. The molecule has 0 rings (SSSR count). The largest absolute Gasteiger partial charge is 0.468 e. The maximum absolute atomic E-state index is 11.7. The Hall–Kier alpha value is -0.220. The Bertz CT molecular complexity index is 223. The smallest absolute Gasteiger partial charge is 0.325 e. The Morgan fingerprint density at radius 3 is 2.59 bits per heavy atom. The van der Waals surface area contributed by atoms with E-state index in [1.807, 2.05) is 25.6 Å². The quantitative estimate of drug-likeness (QED) is 0.511. The van der Waals surface area contributed by atoms with Crippen molar-refractivity contribution in [3.05, 3.63) is 0 Å². The van der Waals surface area contributed by atoms with E-state index in [1.165, 1.54) is 19.3 Å². The topological polar surface area (TPSA) is 38.3 Å². The van der Waals surface area contributed by atoms with Gasteiger partial charge < -0.3 is 10.1 Å². The van der Waals surface area contributed by atoms with Gasteiger partial charge in [-0.1, -0.05) is 27.2 Å². The van der Waals surface area contributed by atoms with Crippen LogP contribution in [-0.4, -0.2) is 36.7 Å². The fourth-order valence-electron chi connectivity index (χ4n) is 1.56. The van der Waals surface area contributed by atoms with Crippen LogP contribution < -0.4 is 5.32 Å². The Balaban J connectivity index is 4.05. The van der Waals surface area contributed by atoms with Crippen LogP contribution in [0.3, 0.4) is 0 Å². The summed E-state index contributed by atoms with van der Waals surface area (Å²) in [7, 11) is 1.45. The molecule has 2 unspecified atom stereocenters. The molecule has 0 aliphatic heterocycles. The molecule has 102 valence electrons. The van der Waals surface area contributed by atoms with Gasteiger partial charge in [0.15, 0.2) is 0 Å². The van der Waals surface area contributed by atoms with Gasteiger partial charge in [0.25, 0.3) is 0 Å². The second-order valence-corrected chi connectivity index (χ2v) is 5.84. The molecule has 0 aromatic rings. The van der Waals surface area contributed by atoms with Crippen molar-refractivity contribution in [2.24, 2.45) is 5.92 Å². The molecule has 2 atom stereocenters. The van der Waals surface area contributed by atoms with Gasteiger partial charge in [-0.15, -0.1) is 0 Å². The minimum absolute atomic E-state index is 0.163. The maximum atomic E-state index is 11.7. The number of rotatable bonds is 9. The molecule has 0 aliphatic carbocycles. The molecule has 0 fully saturated rings. The molecule has 0 amide bonds. The predicted molar refractivity (Wildman–Crippen MR) is 75.5 cm³/mol. The molecule has 0 heterocycles. The summed E-state index contributed by atoms with van der Waals surface area (Å²) in [5.74, 6) is 2.75. The highest BCUT2D eigenvalue weighted by Gasteiger charge is 2.32. The minimum atomic E-state index is -0.536. The summed E-state index contributed by atoms with van der Waals surface area (Å²) in [6.45, 7) is 9.18. The Morgan fingerprint density at radius 2 is 2.12 bits per heavy atom. The zero-order chi connectivity index (χ0) is 13.3. The predicted octanol–water partition coefficient (Wildman–Crippen LogP) is 2.70. The van der Waals surface area contributed by atoms with Crippen molar-refractivity contribution in [1.29, 1.82) is 0 Å². The fourth-order valence-corrected chi connectivity index (χ4v) is 2.91. The van der Waals surface area contributed by atoms with E-state index in [2.05, 4.69) is 19.2 Å². The number of thioether (sulfide) groups is 1. The van der Waals surface area contributed by atoms with Crippen LogP contribution in [0.1, 0.15) is 40.5 Å². The van der Waals surface area contributed by atoms with Gasteiger partial charge in [-0.3, -0.25) is 4.79 Å². The van der Waals surface area contributed by atoms with Gasteiger partial charge in [-0.25, -0.2) is 0 Å². The first kappa shape index (κ1) is 16.8. The molecular formula is C13H27NO2S. The van der Waals surface area contributed by atoms with Crippen LogP contribution in [0.2, 0.25) is 0 Å². The monoisotopic (exact) mass is 261 g/mol. The van der Waals surface area contributed by atoms with E-state index in [0.29, 0.717) is 0 Å². The third-order valence-electron chi connectivity index (χ3n) is 3.05. The number of likely N-dealkylation sites (N-methyl/N-ethyl adjacent to an activating group) is 1. The van der Waals surface area contributed by atoms with E-state index >= 15 is 0 Å². The molecule has 17 heavy (non-hydrogen) atoms. The highest BCUT2D eigenvalue weighted by atomic mass is 32.2. The third kappa shape index (κ3) is 6.32. The van der Waals surface area contributed by atoms with Crippen molar-refractivity contribution in [3.63, 3.8) is 0 Å². The van der Waals surface area contributed by atoms with Crippen LogP contribution in [0, 0.1) is 5.92 Å². The number of methoxy groups -OCH3 is 1. The molecule has 0 aromatic heterocycles. The molecule has 0 saturated heterocycles. The van der Waals surface area contributed by atoms with Crippen LogP contribution >= 0.6 is 11.8 Å². The van der Waals surface area contributed by atoms with Crippen molar-refractivity contribution in [2.45, 2.75) is 46.1 Å². The van der Waals surface area contributed by atoms with Crippen LogP contribution in [0.5, 0.6) is 0 Å². The molecule has 0 saturated carbocycles. The third-order valence-corrected chi connectivity index (χ3v) is 4.35. The molecule has 0 radical (unpaired) electrons. The lowest BCUT2D eigenvalue weighted by molar-refractivity contribution is -0.147. The first-order valence-corrected chi connectivity index (χ1v) is 7.56. The normalized spacial score (nSPS) is 16.3. The van der Waals surface area contributed by atoms with E-state index in [0.717, 1.165) is 24.6 Å². The number of hydrogen-bond donors (Lipinski definition) is 1. The van der Waals surface area contributed by atoms with Gasteiger partial charge in [0.1, 0.15) is 5.54 Å². The lowest BCUT2D eigenvalue weighted by Gasteiger charge is -2.27. The van der Waals surface area contributed by atoms with E-state index in [4.69, 9.17) is 4.74 Å². The average Bonchev–Trinajstić information content (AvgIpc) is 2.33. The number of carbonyl (C=O) groups is 1. The fraction of sp³-hybridized carbons (Fsp3) is 0.923. The minimum Gasteiger partial charge on any atom is -0.468 e. The second kappa shape index (κ2) is 8.81. The average molecular weight is 261 g/mol. The SMILES string of the molecule is CCNC(C)(CCSCC(C)CC)C(=O)OC. The van der Waals surface area contributed by atoms with E-state index < -0.39 is 5.54 Å². The van der Waals surface area contributed by atoms with Crippen molar-refractivity contribution >= 4 is 17.7 Å². The Labute approximate surface area is 110 Å². The first-order chi connectivity index (χ1) is 8.00. The molecule has 4 heteroatoms. The van der Waals surface area contributed by atoms with Crippen molar-refractivity contribution in [1.82, 2.24) is 5.32 Å². The van der Waals surface area contributed by atoms with Gasteiger partial charge in [0.2, 0.25) is 0 Å². The second-order valence-electron chi connectivity index (χ2n) is 4.69. The molecule has 0 bridgehead atoms. The maximum Gasteiger partial charge on any atom is 0.325 e. The van der Waals surface area contributed by atoms with Crippen LogP contribution in [-0.2, 0) is 9.53 Å². The summed E-state index contributed by atoms with van der Waals surface area (Å²) in [6.07, 6.45) is 2.03. The highest BCUT2D eigenvalue weighted by Crippen LogP contribution is 2.18. The molecule has 0 spiro atoms. The summed E-state index contributed by atoms with van der Waals surface area (Å²) < 4.78 is 4.86. The van der Waals surface area contributed by atoms with Crippen LogP contribution in [0.15, 0.2) is 0 Å². The van der Waals surface area contributed by atoms with Gasteiger partial charge in [0.05, 0.1) is 7.11 Å². The first-order valence-electron chi connectivity index (χ1n) is 6.41. The number of nitrogens with one attached hydrogen (secondary N) is 1. The summed E-state index contributed by atoms with van der Waals surface area (Å²) in [5, 5.41) is 3.22. The molecule has 3 nitrogen and oxygen atoms in total. The number of hydrogen-bond acceptors (Lipinski definition) is 4. The van der Waals surface area contributed by atoms with Crippen LogP contribution in [0.4, 0.5) is 0 Å². The summed E-state index contributed by atoms with van der Waals surface area (Å²) in [6, 6.07) is 0. The van der Waals surface area contributed by atoms with Gasteiger partial charge in [-0.05, 0) is 37.3 Å². The van der Waals surface area contributed by atoms with Crippen molar-refractivity contribution in [2.75, 3.05) is 25.2 Å².